The highest BCUT2D eigenvalue weighted by molar-refractivity contribution is 5.71. The van der Waals surface area contributed by atoms with Crippen molar-refractivity contribution in [3.8, 4) is 0 Å². The third-order valence-corrected chi connectivity index (χ3v) is 6.94. The van der Waals surface area contributed by atoms with Crippen LogP contribution in [0.15, 0.2) is 60.7 Å². The van der Waals surface area contributed by atoms with Gasteiger partial charge in [-0.1, -0.05) is 74.5 Å². The Morgan fingerprint density at radius 3 is 2.11 bits per heavy atom. The Kier molecular flexibility index (Phi) is 11.5. The summed E-state index contributed by atoms with van der Waals surface area (Å²) in [6.45, 7) is 4.51. The Bertz CT molecular complexity index is 924. The standard InChI is InChI=1S/C29H40O8/c1-19(14-20(2)28(32)34-3)15-37-29(33)24-25(30)23(18-35-16-21-10-6-4-7-11-21)26(31)27(24)36-17-22-12-8-5-9-13-22/h4-13,19-20,23-27,29-31,33H,14-18H2,1-3H3. The Morgan fingerprint density at radius 1 is 0.919 bits per heavy atom. The maximum Gasteiger partial charge on any atom is 0.308 e. The second-order valence-electron chi connectivity index (χ2n) is 9.97. The molecule has 0 amide bonds. The summed E-state index contributed by atoms with van der Waals surface area (Å²) in [6.07, 6.45) is -3.88. The first-order valence-corrected chi connectivity index (χ1v) is 12.8. The Labute approximate surface area is 219 Å². The monoisotopic (exact) mass is 516 g/mol. The van der Waals surface area contributed by atoms with Crippen molar-refractivity contribution in [3.63, 3.8) is 0 Å². The second-order valence-corrected chi connectivity index (χ2v) is 9.97. The lowest BCUT2D eigenvalue weighted by Crippen LogP contribution is -2.40. The third kappa shape index (κ3) is 8.33. The van der Waals surface area contributed by atoms with Crippen LogP contribution in [0, 0.1) is 23.7 Å². The van der Waals surface area contributed by atoms with E-state index in [9.17, 15) is 20.1 Å². The normalized spacial score (nSPS) is 25.9. The fourth-order valence-corrected chi connectivity index (χ4v) is 4.89. The van der Waals surface area contributed by atoms with E-state index in [4.69, 9.17) is 18.9 Å². The number of carbonyl (C=O) groups excluding carboxylic acids is 1. The predicted molar refractivity (Wildman–Crippen MR) is 137 cm³/mol. The van der Waals surface area contributed by atoms with E-state index >= 15 is 0 Å². The molecule has 0 aromatic heterocycles. The molecule has 2 aromatic carbocycles. The van der Waals surface area contributed by atoms with E-state index < -0.39 is 36.4 Å². The summed E-state index contributed by atoms with van der Waals surface area (Å²) in [4.78, 5) is 11.7. The average molecular weight is 517 g/mol. The zero-order valence-electron chi connectivity index (χ0n) is 21.8. The summed E-state index contributed by atoms with van der Waals surface area (Å²) >= 11 is 0. The van der Waals surface area contributed by atoms with Crippen LogP contribution < -0.4 is 0 Å². The molecule has 0 heterocycles. The fourth-order valence-electron chi connectivity index (χ4n) is 4.89. The SMILES string of the molecule is COC(=O)C(C)CC(C)COC(O)C1C(O)C(COCc2ccccc2)C(O)C1OCc1ccccc1. The summed E-state index contributed by atoms with van der Waals surface area (Å²) in [6, 6.07) is 19.1. The number of ether oxygens (including phenoxy) is 4. The van der Waals surface area contributed by atoms with E-state index in [-0.39, 0.29) is 37.6 Å². The van der Waals surface area contributed by atoms with Gasteiger partial charge in [-0.3, -0.25) is 4.79 Å². The quantitative estimate of drug-likeness (QED) is 0.259. The number of hydrogen-bond acceptors (Lipinski definition) is 8. The van der Waals surface area contributed by atoms with Gasteiger partial charge in [0.05, 0.1) is 63.7 Å². The summed E-state index contributed by atoms with van der Waals surface area (Å²) in [7, 11) is 1.35. The van der Waals surface area contributed by atoms with E-state index in [1.54, 1.807) is 6.92 Å². The van der Waals surface area contributed by atoms with E-state index in [1.165, 1.54) is 7.11 Å². The van der Waals surface area contributed by atoms with Crippen molar-refractivity contribution in [3.05, 3.63) is 71.8 Å². The molecule has 0 aliphatic heterocycles. The number of carbonyl (C=O) groups is 1. The molecule has 8 unspecified atom stereocenters. The summed E-state index contributed by atoms with van der Waals surface area (Å²) in [5.74, 6) is -2.18. The summed E-state index contributed by atoms with van der Waals surface area (Å²) in [5.41, 5.74) is 1.89. The molecule has 1 aliphatic rings. The van der Waals surface area contributed by atoms with Gasteiger partial charge in [0.1, 0.15) is 0 Å². The zero-order valence-corrected chi connectivity index (χ0v) is 21.8. The topological polar surface area (TPSA) is 115 Å². The smallest absolute Gasteiger partial charge is 0.308 e. The van der Waals surface area contributed by atoms with E-state index in [2.05, 4.69) is 0 Å². The maximum absolute atomic E-state index is 11.7. The van der Waals surface area contributed by atoms with Crippen LogP contribution in [-0.2, 0) is 37.0 Å². The van der Waals surface area contributed by atoms with Gasteiger partial charge in [0.25, 0.3) is 0 Å². The number of hydrogen-bond donors (Lipinski definition) is 3. The molecule has 3 rings (SSSR count). The van der Waals surface area contributed by atoms with E-state index in [0.29, 0.717) is 13.0 Å². The molecule has 1 aliphatic carbocycles. The molecule has 3 N–H and O–H groups in total. The number of aliphatic hydroxyl groups is 3. The lowest BCUT2D eigenvalue weighted by atomic mass is 9.97. The average Bonchev–Trinajstić information content (AvgIpc) is 3.15. The van der Waals surface area contributed by atoms with Crippen LogP contribution in [0.3, 0.4) is 0 Å². The van der Waals surface area contributed by atoms with Crippen molar-refractivity contribution in [2.75, 3.05) is 20.3 Å². The first kappa shape index (κ1) is 29.2. The molecule has 8 atom stereocenters. The lowest BCUT2D eigenvalue weighted by Gasteiger charge is -2.29. The van der Waals surface area contributed by atoms with Crippen molar-refractivity contribution < 1.29 is 39.1 Å². The molecule has 1 fully saturated rings. The number of rotatable bonds is 14. The largest absolute Gasteiger partial charge is 0.469 e. The fraction of sp³-hybridized carbons (Fsp3) is 0.552. The zero-order chi connectivity index (χ0) is 26.8. The minimum Gasteiger partial charge on any atom is -0.469 e. The van der Waals surface area contributed by atoms with Crippen LogP contribution in [-0.4, -0.2) is 66.2 Å². The van der Waals surface area contributed by atoms with Crippen molar-refractivity contribution in [2.45, 2.75) is 58.1 Å². The molecule has 2 aromatic rings. The van der Waals surface area contributed by atoms with Gasteiger partial charge in [-0.15, -0.1) is 0 Å². The van der Waals surface area contributed by atoms with Gasteiger partial charge in [0.2, 0.25) is 0 Å². The molecule has 37 heavy (non-hydrogen) atoms. The summed E-state index contributed by atoms with van der Waals surface area (Å²) < 4.78 is 22.4. The molecule has 0 saturated heterocycles. The van der Waals surface area contributed by atoms with Gasteiger partial charge in [-0.05, 0) is 23.5 Å². The molecule has 0 spiro atoms. The highest BCUT2D eigenvalue weighted by Crippen LogP contribution is 2.38. The van der Waals surface area contributed by atoms with E-state index in [1.807, 2.05) is 67.6 Å². The molecular weight excluding hydrogens is 476 g/mol. The van der Waals surface area contributed by atoms with Gasteiger partial charge in [0.15, 0.2) is 6.29 Å². The van der Waals surface area contributed by atoms with Crippen molar-refractivity contribution in [2.24, 2.45) is 23.7 Å². The van der Waals surface area contributed by atoms with Gasteiger partial charge in [-0.25, -0.2) is 0 Å². The first-order chi connectivity index (χ1) is 17.8. The molecule has 1 saturated carbocycles. The Balaban J connectivity index is 1.64. The van der Waals surface area contributed by atoms with Gasteiger partial charge in [-0.2, -0.15) is 0 Å². The minimum atomic E-state index is -1.37. The Hall–Kier alpha value is -2.33. The van der Waals surface area contributed by atoms with Crippen molar-refractivity contribution in [1.82, 2.24) is 0 Å². The minimum absolute atomic E-state index is 0.0408. The third-order valence-electron chi connectivity index (χ3n) is 6.94. The first-order valence-electron chi connectivity index (χ1n) is 12.8. The Morgan fingerprint density at radius 2 is 1.51 bits per heavy atom. The van der Waals surface area contributed by atoms with Crippen molar-refractivity contribution >= 4 is 5.97 Å². The molecule has 8 nitrogen and oxygen atoms in total. The van der Waals surface area contributed by atoms with Crippen molar-refractivity contribution in [1.29, 1.82) is 0 Å². The lowest BCUT2D eigenvalue weighted by molar-refractivity contribution is -0.191. The van der Waals surface area contributed by atoms with Crippen LogP contribution in [0.5, 0.6) is 0 Å². The van der Waals surface area contributed by atoms with Crippen LogP contribution in [0.2, 0.25) is 0 Å². The molecule has 8 heteroatoms. The molecule has 0 bridgehead atoms. The molecule has 0 radical (unpaired) electrons. The molecule has 204 valence electrons. The number of methoxy groups -OCH3 is 1. The molecular formula is C29H40O8. The van der Waals surface area contributed by atoms with Gasteiger partial charge in [0, 0.05) is 5.92 Å². The van der Waals surface area contributed by atoms with Crippen LogP contribution in [0.25, 0.3) is 0 Å². The number of esters is 1. The van der Waals surface area contributed by atoms with Crippen LogP contribution in [0.4, 0.5) is 0 Å². The second kappa shape index (κ2) is 14.6. The number of aliphatic hydroxyl groups excluding tert-OH is 3. The summed E-state index contributed by atoms with van der Waals surface area (Å²) in [5, 5.41) is 33.2. The predicted octanol–water partition coefficient (Wildman–Crippen LogP) is 2.93. The van der Waals surface area contributed by atoms with Crippen LogP contribution in [0.1, 0.15) is 31.4 Å². The van der Waals surface area contributed by atoms with Gasteiger partial charge >= 0.3 is 5.97 Å². The highest BCUT2D eigenvalue weighted by atomic mass is 16.6. The number of benzene rings is 2. The van der Waals surface area contributed by atoms with E-state index in [0.717, 1.165) is 11.1 Å². The highest BCUT2D eigenvalue weighted by Gasteiger charge is 2.53. The van der Waals surface area contributed by atoms with Crippen LogP contribution >= 0.6 is 0 Å². The van der Waals surface area contributed by atoms with Gasteiger partial charge < -0.3 is 34.3 Å². The maximum atomic E-state index is 11.7.